The fourth-order valence-corrected chi connectivity index (χ4v) is 4.27. The summed E-state index contributed by atoms with van der Waals surface area (Å²) in [6.45, 7) is 4.72. The lowest BCUT2D eigenvalue weighted by molar-refractivity contribution is 0.0776. The second-order valence-corrected chi connectivity index (χ2v) is 8.48. The van der Waals surface area contributed by atoms with Gasteiger partial charge in [-0.25, -0.2) is 24.0 Å². The normalized spacial score (nSPS) is 15.5. The molecular formula is C24H26FN7O2. The number of aryl methyl sites for hydroxylation is 3. The van der Waals surface area contributed by atoms with E-state index in [0.717, 1.165) is 17.8 Å². The van der Waals surface area contributed by atoms with Crippen molar-refractivity contribution in [3.63, 3.8) is 0 Å². The molecule has 1 aliphatic heterocycles. The van der Waals surface area contributed by atoms with Gasteiger partial charge in [0.25, 0.3) is 5.91 Å². The Morgan fingerprint density at radius 2 is 2.18 bits per heavy atom. The van der Waals surface area contributed by atoms with Gasteiger partial charge in [-0.15, -0.1) is 0 Å². The molecule has 176 valence electrons. The van der Waals surface area contributed by atoms with Crippen molar-refractivity contribution >= 4 is 11.7 Å². The zero-order valence-electron chi connectivity index (χ0n) is 19.4. The lowest BCUT2D eigenvalue weighted by Gasteiger charge is -2.20. The highest BCUT2D eigenvalue weighted by atomic mass is 19.1. The number of fused-ring (bicyclic) bond motifs is 2. The number of carbonyl (C=O) groups is 1. The molecule has 9 nitrogen and oxygen atoms in total. The van der Waals surface area contributed by atoms with Gasteiger partial charge in [-0.1, -0.05) is 13.0 Å². The van der Waals surface area contributed by atoms with E-state index in [2.05, 4.69) is 25.4 Å². The summed E-state index contributed by atoms with van der Waals surface area (Å²) in [6, 6.07) is 4.84. The van der Waals surface area contributed by atoms with Gasteiger partial charge in [0.2, 0.25) is 5.78 Å². The summed E-state index contributed by atoms with van der Waals surface area (Å²) < 4.78 is 23.9. The van der Waals surface area contributed by atoms with E-state index >= 15 is 0 Å². The molecule has 0 radical (unpaired) electrons. The molecule has 0 fully saturated rings. The molecular weight excluding hydrogens is 437 g/mol. The number of carbonyl (C=O) groups excluding carboxylic acids is 1. The van der Waals surface area contributed by atoms with Crippen molar-refractivity contribution in [1.29, 1.82) is 0 Å². The highest BCUT2D eigenvalue weighted by Gasteiger charge is 2.23. The predicted molar refractivity (Wildman–Crippen MR) is 123 cm³/mol. The van der Waals surface area contributed by atoms with Crippen molar-refractivity contribution in [1.82, 2.24) is 34.4 Å². The Bertz CT molecular complexity index is 1380. The summed E-state index contributed by atoms with van der Waals surface area (Å²) in [7, 11) is 1.69. The van der Waals surface area contributed by atoms with Gasteiger partial charge in [0.1, 0.15) is 17.3 Å². The average molecular weight is 464 g/mol. The first-order valence-corrected chi connectivity index (χ1v) is 11.3. The van der Waals surface area contributed by atoms with E-state index < -0.39 is 5.82 Å². The van der Waals surface area contributed by atoms with Crippen LogP contribution in [0.2, 0.25) is 0 Å². The van der Waals surface area contributed by atoms with Gasteiger partial charge in [-0.3, -0.25) is 9.20 Å². The molecule has 3 aromatic heterocycles. The van der Waals surface area contributed by atoms with Crippen molar-refractivity contribution in [3.05, 3.63) is 64.7 Å². The second-order valence-electron chi connectivity index (χ2n) is 8.48. The third-order valence-corrected chi connectivity index (χ3v) is 6.11. The van der Waals surface area contributed by atoms with E-state index in [0.29, 0.717) is 53.5 Å². The summed E-state index contributed by atoms with van der Waals surface area (Å²) in [5.74, 6) is 0.934. The first kappa shape index (κ1) is 22.1. The Morgan fingerprint density at radius 3 is 2.94 bits per heavy atom. The molecule has 5 rings (SSSR count). The van der Waals surface area contributed by atoms with Crippen LogP contribution in [-0.2, 0) is 30.7 Å². The third kappa shape index (κ3) is 4.05. The van der Waals surface area contributed by atoms with Crippen LogP contribution in [0.15, 0.2) is 30.6 Å². The minimum atomic E-state index is -0.429. The van der Waals surface area contributed by atoms with Gasteiger partial charge < -0.3 is 10.1 Å². The molecule has 1 aromatic carbocycles. The Balaban J connectivity index is 1.33. The fraction of sp³-hybridized carbons (Fsp3) is 0.375. The maximum absolute atomic E-state index is 15.0. The topological polar surface area (TPSA) is 99.2 Å². The van der Waals surface area contributed by atoms with Crippen molar-refractivity contribution in [2.45, 2.75) is 52.3 Å². The lowest BCUT2D eigenvalue weighted by atomic mass is 10.1. The zero-order chi connectivity index (χ0) is 23.8. The van der Waals surface area contributed by atoms with Crippen molar-refractivity contribution in [2.75, 3.05) is 7.11 Å². The molecule has 34 heavy (non-hydrogen) atoms. The van der Waals surface area contributed by atoms with E-state index in [1.54, 1.807) is 29.8 Å². The maximum atomic E-state index is 15.0. The largest absolute Gasteiger partial charge is 0.381 e. The van der Waals surface area contributed by atoms with E-state index in [-0.39, 0.29) is 18.6 Å². The average Bonchev–Trinajstić information content (AvgIpc) is 3.42. The van der Waals surface area contributed by atoms with Gasteiger partial charge in [-0.2, -0.15) is 5.10 Å². The summed E-state index contributed by atoms with van der Waals surface area (Å²) in [5.41, 5.74) is 3.02. The molecule has 1 atom stereocenters. The Kier molecular flexibility index (Phi) is 5.82. The molecule has 4 aromatic rings. The monoisotopic (exact) mass is 463 g/mol. The lowest BCUT2D eigenvalue weighted by Crippen LogP contribution is -2.25. The van der Waals surface area contributed by atoms with Gasteiger partial charge in [0.15, 0.2) is 5.82 Å². The predicted octanol–water partition coefficient (Wildman–Crippen LogP) is 2.89. The van der Waals surface area contributed by atoms with Gasteiger partial charge >= 0.3 is 0 Å². The van der Waals surface area contributed by atoms with Crippen LogP contribution in [-0.4, -0.2) is 48.3 Å². The number of imidazole rings is 1. The Morgan fingerprint density at radius 1 is 1.32 bits per heavy atom. The van der Waals surface area contributed by atoms with Crippen LogP contribution in [0.4, 0.5) is 4.39 Å². The number of nitrogens with one attached hydrogen (secondary N) is 1. The smallest absolute Gasteiger partial charge is 0.270 e. The molecule has 10 heteroatoms. The number of rotatable bonds is 6. The highest BCUT2D eigenvalue weighted by Crippen LogP contribution is 2.24. The van der Waals surface area contributed by atoms with Crippen LogP contribution >= 0.6 is 0 Å². The van der Waals surface area contributed by atoms with Gasteiger partial charge in [0, 0.05) is 39.0 Å². The molecule has 1 unspecified atom stereocenters. The van der Waals surface area contributed by atoms with Crippen molar-refractivity contribution in [2.24, 2.45) is 0 Å². The van der Waals surface area contributed by atoms with Crippen LogP contribution in [0, 0.1) is 12.7 Å². The third-order valence-electron chi connectivity index (χ3n) is 6.11. The standard InChI is InChI=1S/C24H26FN7O2/c1-4-19-21(31-13-14(2)11-27-24(31)28-19)23(33)26-12-15-5-6-17(18(25)9-15)22-29-20-10-16(34-3)7-8-32(20)30-22/h5-6,9,11,13,16H,4,7-8,10,12H2,1-3H3,(H,26,33). The van der Waals surface area contributed by atoms with Crippen LogP contribution in [0.25, 0.3) is 17.2 Å². The molecule has 1 N–H and O–H groups in total. The summed E-state index contributed by atoms with van der Waals surface area (Å²) in [4.78, 5) is 26.3. The maximum Gasteiger partial charge on any atom is 0.270 e. The summed E-state index contributed by atoms with van der Waals surface area (Å²) >= 11 is 0. The molecule has 0 bridgehead atoms. The number of ether oxygens (including phenoxy) is 1. The molecule has 4 heterocycles. The molecule has 1 aliphatic rings. The fourth-order valence-electron chi connectivity index (χ4n) is 4.27. The number of nitrogens with zero attached hydrogens (tertiary/aromatic N) is 6. The molecule has 0 saturated heterocycles. The Labute approximate surface area is 196 Å². The molecule has 0 saturated carbocycles. The number of hydrogen-bond donors (Lipinski definition) is 1. The molecule has 0 aliphatic carbocycles. The van der Waals surface area contributed by atoms with Crippen molar-refractivity contribution in [3.8, 4) is 11.4 Å². The van der Waals surface area contributed by atoms with Gasteiger partial charge in [-0.05, 0) is 43.0 Å². The van der Waals surface area contributed by atoms with E-state index in [1.165, 1.54) is 6.07 Å². The number of hydrogen-bond acceptors (Lipinski definition) is 6. The number of benzene rings is 1. The molecule has 0 spiro atoms. The quantitative estimate of drug-likeness (QED) is 0.472. The first-order chi connectivity index (χ1) is 16.5. The van der Waals surface area contributed by atoms with E-state index in [1.807, 2.05) is 24.7 Å². The van der Waals surface area contributed by atoms with Crippen LogP contribution in [0.3, 0.4) is 0 Å². The Hall–Kier alpha value is -3.66. The zero-order valence-corrected chi connectivity index (χ0v) is 19.4. The summed E-state index contributed by atoms with van der Waals surface area (Å²) in [6.07, 6.45) is 5.78. The number of methoxy groups -OCH3 is 1. The summed E-state index contributed by atoms with van der Waals surface area (Å²) in [5, 5.41) is 7.35. The number of halogens is 1. The number of amides is 1. The SMILES string of the molecule is CCc1nc2ncc(C)cn2c1C(=O)NCc1ccc(-c2nc3n(n2)CCC(OC)C3)c(F)c1. The highest BCUT2D eigenvalue weighted by molar-refractivity contribution is 5.94. The van der Waals surface area contributed by atoms with Gasteiger partial charge in [0.05, 0.1) is 17.4 Å². The second kappa shape index (κ2) is 8.94. The van der Waals surface area contributed by atoms with Crippen LogP contribution < -0.4 is 5.32 Å². The van der Waals surface area contributed by atoms with E-state index in [9.17, 15) is 9.18 Å². The minimum Gasteiger partial charge on any atom is -0.381 e. The minimum absolute atomic E-state index is 0.112. The first-order valence-electron chi connectivity index (χ1n) is 11.3. The van der Waals surface area contributed by atoms with E-state index in [4.69, 9.17) is 4.74 Å². The van der Waals surface area contributed by atoms with Crippen LogP contribution in [0.1, 0.15) is 46.5 Å². The molecule has 1 amide bonds. The van der Waals surface area contributed by atoms with Crippen molar-refractivity contribution < 1.29 is 13.9 Å². The number of aromatic nitrogens is 6. The van der Waals surface area contributed by atoms with Crippen LogP contribution in [0.5, 0.6) is 0 Å².